The Bertz CT molecular complexity index is 1090. The first-order valence-corrected chi connectivity index (χ1v) is 11.0. The van der Waals surface area contributed by atoms with Gasteiger partial charge in [-0.15, -0.1) is 0 Å². The molecule has 3 aromatic rings. The van der Waals surface area contributed by atoms with Crippen molar-refractivity contribution in [1.82, 2.24) is 0 Å². The van der Waals surface area contributed by atoms with Gasteiger partial charge < -0.3 is 0 Å². The Hall–Kier alpha value is -2.81. The minimum Gasteiger partial charge on any atom is -0.207 e. The summed E-state index contributed by atoms with van der Waals surface area (Å²) in [6.07, 6.45) is 8.60. The normalized spacial score (nSPS) is 19.1. The predicted molar refractivity (Wildman–Crippen MR) is 121 cm³/mol. The summed E-state index contributed by atoms with van der Waals surface area (Å²) in [7, 11) is 0. The number of hydrogen-bond donors (Lipinski definition) is 0. The molecule has 0 aromatic heterocycles. The van der Waals surface area contributed by atoms with E-state index in [0.717, 1.165) is 42.4 Å². The van der Waals surface area contributed by atoms with Crippen LogP contribution < -0.4 is 0 Å². The lowest BCUT2D eigenvalue weighted by Gasteiger charge is -2.27. The van der Waals surface area contributed by atoms with Crippen molar-refractivity contribution in [2.75, 3.05) is 0 Å². The van der Waals surface area contributed by atoms with Crippen molar-refractivity contribution in [3.05, 3.63) is 95.3 Å². The largest absolute Gasteiger partial charge is 0.207 e. The summed E-state index contributed by atoms with van der Waals surface area (Å²) in [4.78, 5) is 0. The first-order valence-electron chi connectivity index (χ1n) is 11.0. The fraction of sp³-hybridized carbons (Fsp3) is 0.286. The van der Waals surface area contributed by atoms with Crippen LogP contribution in [0.5, 0.6) is 0 Å². The van der Waals surface area contributed by atoms with Gasteiger partial charge in [-0.3, -0.25) is 0 Å². The Morgan fingerprint density at radius 3 is 2.03 bits per heavy atom. The van der Waals surface area contributed by atoms with Gasteiger partial charge in [-0.2, -0.15) is 0 Å². The molecule has 31 heavy (non-hydrogen) atoms. The highest BCUT2D eigenvalue weighted by Gasteiger charge is 2.23. The Balaban J connectivity index is 1.53. The first kappa shape index (κ1) is 21.4. The molecule has 0 radical (unpaired) electrons. The lowest BCUT2D eigenvalue weighted by atomic mass is 9.78. The maximum absolute atomic E-state index is 14.9. The van der Waals surface area contributed by atoms with Crippen LogP contribution in [0.15, 0.2) is 66.7 Å². The Morgan fingerprint density at radius 1 is 0.742 bits per heavy atom. The second-order valence-corrected chi connectivity index (χ2v) is 8.51. The van der Waals surface area contributed by atoms with Gasteiger partial charge in [0.25, 0.3) is 0 Å². The van der Waals surface area contributed by atoms with Gasteiger partial charge in [0.2, 0.25) is 0 Å². The number of benzene rings is 3. The lowest BCUT2D eigenvalue weighted by molar-refractivity contribution is 0.368. The van der Waals surface area contributed by atoms with Crippen molar-refractivity contribution in [3.8, 4) is 22.3 Å². The van der Waals surface area contributed by atoms with Crippen LogP contribution in [0, 0.1) is 30.3 Å². The van der Waals surface area contributed by atoms with Gasteiger partial charge in [-0.05, 0) is 85.3 Å². The third-order valence-electron chi connectivity index (χ3n) is 6.48. The highest BCUT2D eigenvalue weighted by atomic mass is 19.2. The molecule has 0 aliphatic heterocycles. The maximum Gasteiger partial charge on any atom is 0.166 e. The van der Waals surface area contributed by atoms with Crippen LogP contribution in [0.3, 0.4) is 0 Å². The predicted octanol–water partition coefficient (Wildman–Crippen LogP) is 8.60. The molecular weight excluding hydrogens is 393 g/mol. The smallest absolute Gasteiger partial charge is 0.166 e. The van der Waals surface area contributed by atoms with Crippen LogP contribution in [-0.4, -0.2) is 0 Å². The quantitative estimate of drug-likeness (QED) is 0.371. The molecule has 1 aliphatic rings. The van der Waals surface area contributed by atoms with Gasteiger partial charge in [-0.1, -0.05) is 60.7 Å². The van der Waals surface area contributed by atoms with Gasteiger partial charge >= 0.3 is 0 Å². The molecule has 0 unspecified atom stereocenters. The zero-order valence-electron chi connectivity index (χ0n) is 18.0. The van der Waals surface area contributed by atoms with Gasteiger partial charge in [0.1, 0.15) is 5.82 Å². The molecule has 0 saturated heterocycles. The fourth-order valence-electron chi connectivity index (χ4n) is 4.64. The SMILES string of the molecule is C/C=C/C1CCC(c2ccc(-c3ccc(-c4ccc(C)c(F)c4F)cc3)cc2F)CC1. The average Bonchev–Trinajstić information content (AvgIpc) is 2.79. The Labute approximate surface area is 182 Å². The molecule has 0 amide bonds. The van der Waals surface area contributed by atoms with E-state index in [1.54, 1.807) is 30.3 Å². The monoisotopic (exact) mass is 420 g/mol. The number of hydrogen-bond acceptors (Lipinski definition) is 0. The number of halogens is 3. The van der Waals surface area contributed by atoms with E-state index in [-0.39, 0.29) is 22.9 Å². The summed E-state index contributed by atoms with van der Waals surface area (Å²) in [6, 6.07) is 15.8. The second-order valence-electron chi connectivity index (χ2n) is 8.51. The van der Waals surface area contributed by atoms with Gasteiger partial charge in [0, 0.05) is 5.56 Å². The molecule has 0 nitrogen and oxygen atoms in total. The van der Waals surface area contributed by atoms with E-state index < -0.39 is 11.6 Å². The summed E-state index contributed by atoms with van der Waals surface area (Å²) in [6.45, 7) is 3.59. The van der Waals surface area contributed by atoms with Crippen LogP contribution in [0.25, 0.3) is 22.3 Å². The molecule has 1 fully saturated rings. The van der Waals surface area contributed by atoms with Crippen molar-refractivity contribution in [1.29, 1.82) is 0 Å². The minimum absolute atomic E-state index is 0.164. The molecule has 0 heterocycles. The maximum atomic E-state index is 14.9. The van der Waals surface area contributed by atoms with E-state index in [1.165, 1.54) is 6.92 Å². The van der Waals surface area contributed by atoms with Crippen LogP contribution >= 0.6 is 0 Å². The third kappa shape index (κ3) is 4.46. The van der Waals surface area contributed by atoms with E-state index in [4.69, 9.17) is 0 Å². The molecule has 0 bridgehead atoms. The zero-order valence-corrected chi connectivity index (χ0v) is 18.0. The van der Waals surface area contributed by atoms with Crippen LogP contribution in [0.1, 0.15) is 49.7 Å². The summed E-state index contributed by atoms with van der Waals surface area (Å²) >= 11 is 0. The molecule has 3 aromatic carbocycles. The molecule has 1 saturated carbocycles. The third-order valence-corrected chi connectivity index (χ3v) is 6.48. The van der Waals surface area contributed by atoms with Gasteiger partial charge in [0.15, 0.2) is 11.6 Å². The Kier molecular flexibility index (Phi) is 6.31. The van der Waals surface area contributed by atoms with Crippen molar-refractivity contribution in [2.24, 2.45) is 5.92 Å². The zero-order chi connectivity index (χ0) is 22.0. The highest BCUT2D eigenvalue weighted by molar-refractivity contribution is 5.71. The van der Waals surface area contributed by atoms with E-state index >= 15 is 0 Å². The van der Waals surface area contributed by atoms with Gasteiger partial charge in [0.05, 0.1) is 0 Å². The molecule has 4 rings (SSSR count). The molecule has 3 heteroatoms. The van der Waals surface area contributed by atoms with Crippen molar-refractivity contribution in [2.45, 2.75) is 45.4 Å². The molecule has 0 atom stereocenters. The van der Waals surface area contributed by atoms with Gasteiger partial charge in [-0.25, -0.2) is 13.2 Å². The molecule has 160 valence electrons. The number of rotatable bonds is 4. The second kappa shape index (κ2) is 9.13. The standard InChI is InChI=1S/C28H27F3/c1-3-4-19-6-8-21(9-7-19)24-16-14-23(17-26(24)29)20-10-12-22(13-11-20)25-15-5-18(2)27(30)28(25)31/h3-5,10-17,19,21H,6-9H2,1-2H3/b4-3+. The lowest BCUT2D eigenvalue weighted by Crippen LogP contribution is -2.12. The number of allylic oxidation sites excluding steroid dienone is 2. The number of aryl methyl sites for hydroxylation is 1. The van der Waals surface area contributed by atoms with E-state index in [1.807, 2.05) is 31.2 Å². The summed E-state index contributed by atoms with van der Waals surface area (Å²) < 4.78 is 43.1. The summed E-state index contributed by atoms with van der Waals surface area (Å²) in [5.41, 5.74) is 3.53. The first-order chi connectivity index (χ1) is 15.0. The minimum atomic E-state index is -0.840. The topological polar surface area (TPSA) is 0 Å². The van der Waals surface area contributed by atoms with Crippen molar-refractivity contribution in [3.63, 3.8) is 0 Å². The molecule has 0 N–H and O–H groups in total. The van der Waals surface area contributed by atoms with Crippen LogP contribution in [0.4, 0.5) is 13.2 Å². The molecular formula is C28H27F3. The summed E-state index contributed by atoms with van der Waals surface area (Å²) in [5.74, 6) is -0.930. The summed E-state index contributed by atoms with van der Waals surface area (Å²) in [5, 5.41) is 0. The van der Waals surface area contributed by atoms with Crippen molar-refractivity contribution < 1.29 is 13.2 Å². The van der Waals surface area contributed by atoms with E-state index in [0.29, 0.717) is 11.5 Å². The van der Waals surface area contributed by atoms with Crippen molar-refractivity contribution >= 4 is 0 Å². The van der Waals surface area contributed by atoms with Crippen LogP contribution in [0.2, 0.25) is 0 Å². The van der Waals surface area contributed by atoms with E-state index in [2.05, 4.69) is 12.2 Å². The van der Waals surface area contributed by atoms with Crippen LogP contribution in [-0.2, 0) is 0 Å². The highest BCUT2D eigenvalue weighted by Crippen LogP contribution is 2.38. The van der Waals surface area contributed by atoms with E-state index in [9.17, 15) is 13.2 Å². The Morgan fingerprint density at radius 2 is 1.39 bits per heavy atom. The molecule has 0 spiro atoms. The fourth-order valence-corrected chi connectivity index (χ4v) is 4.64. The molecule has 1 aliphatic carbocycles. The average molecular weight is 421 g/mol.